The van der Waals surface area contributed by atoms with Crippen LogP contribution in [0.2, 0.25) is 0 Å². The summed E-state index contributed by atoms with van der Waals surface area (Å²) in [5, 5.41) is 15.9. The summed E-state index contributed by atoms with van der Waals surface area (Å²) in [6, 6.07) is 24.2. The number of furan rings is 1. The molecule has 0 bridgehead atoms. The zero-order chi connectivity index (χ0) is 25.1. The highest BCUT2D eigenvalue weighted by Gasteiger charge is 2.42. The van der Waals surface area contributed by atoms with Gasteiger partial charge < -0.3 is 25.1 Å². The van der Waals surface area contributed by atoms with Crippen LogP contribution in [0.1, 0.15) is 33.9 Å². The Morgan fingerprint density at radius 2 is 1.83 bits per heavy atom. The van der Waals surface area contributed by atoms with Crippen LogP contribution in [-0.2, 0) is 4.79 Å². The first kappa shape index (κ1) is 23.3. The molecule has 1 saturated heterocycles. The molecule has 1 aliphatic rings. The standard InChI is InChI=1S/C27H22N4O4S/c32-23(29-19-9-2-1-3-10-19)16-31-25(24(30-27(31)36)20-11-4-5-14-28-20)22-13-12-21(35-22)17-7-6-8-18(15-17)26(33)34/h1-15,24-25H,16H2,(H,29,32)(H,30,36)(H,33,34)/t24-,25-/m1/s1. The van der Waals surface area contributed by atoms with E-state index in [4.69, 9.17) is 16.6 Å². The van der Waals surface area contributed by atoms with Crippen molar-refractivity contribution in [2.45, 2.75) is 12.1 Å². The van der Waals surface area contributed by atoms with Crippen LogP contribution in [0.3, 0.4) is 0 Å². The van der Waals surface area contributed by atoms with Gasteiger partial charge in [0.1, 0.15) is 24.1 Å². The molecule has 9 heteroatoms. The molecule has 3 heterocycles. The summed E-state index contributed by atoms with van der Waals surface area (Å²) in [4.78, 5) is 30.6. The fourth-order valence-corrected chi connectivity index (χ4v) is 4.54. The van der Waals surface area contributed by atoms with Crippen LogP contribution >= 0.6 is 12.2 Å². The largest absolute Gasteiger partial charge is 0.478 e. The van der Waals surface area contributed by atoms with E-state index in [1.165, 1.54) is 6.07 Å². The number of anilines is 1. The minimum atomic E-state index is -1.01. The number of carboxylic acids is 1. The van der Waals surface area contributed by atoms with E-state index in [9.17, 15) is 14.7 Å². The van der Waals surface area contributed by atoms with Gasteiger partial charge in [-0.05, 0) is 60.7 Å². The van der Waals surface area contributed by atoms with Gasteiger partial charge >= 0.3 is 5.97 Å². The number of carboxylic acid groups (broad SMARTS) is 1. The molecule has 5 rings (SSSR count). The maximum Gasteiger partial charge on any atom is 0.335 e. The second-order valence-electron chi connectivity index (χ2n) is 8.26. The number of nitrogens with zero attached hydrogens (tertiary/aromatic N) is 2. The molecule has 8 nitrogen and oxygen atoms in total. The summed E-state index contributed by atoms with van der Waals surface area (Å²) in [7, 11) is 0. The Morgan fingerprint density at radius 3 is 2.58 bits per heavy atom. The number of aromatic nitrogens is 1. The van der Waals surface area contributed by atoms with Gasteiger partial charge in [0.05, 0.1) is 17.3 Å². The van der Waals surface area contributed by atoms with Crippen LogP contribution in [0.15, 0.2) is 95.5 Å². The number of pyridine rings is 1. The highest BCUT2D eigenvalue weighted by atomic mass is 32.1. The summed E-state index contributed by atoms with van der Waals surface area (Å²) in [5.74, 6) is -0.154. The SMILES string of the molecule is O=C(CN1C(=S)N[C@H](c2ccccn2)[C@H]1c1ccc(-c2cccc(C(=O)O)c2)o1)Nc1ccccc1. The Kier molecular flexibility index (Phi) is 6.46. The average Bonchev–Trinajstić information content (AvgIpc) is 3.50. The number of carbonyl (C=O) groups is 2. The molecule has 2 atom stereocenters. The molecule has 0 spiro atoms. The molecule has 1 fully saturated rings. The first-order valence-electron chi connectivity index (χ1n) is 11.3. The van der Waals surface area contributed by atoms with Crippen LogP contribution < -0.4 is 10.6 Å². The van der Waals surface area contributed by atoms with Gasteiger partial charge in [0.15, 0.2) is 5.11 Å². The molecule has 2 aromatic carbocycles. The van der Waals surface area contributed by atoms with Gasteiger partial charge in [0.25, 0.3) is 0 Å². The lowest BCUT2D eigenvalue weighted by atomic mass is 10.0. The van der Waals surface area contributed by atoms with Crippen molar-refractivity contribution >= 4 is 34.9 Å². The van der Waals surface area contributed by atoms with Crippen molar-refractivity contribution in [1.82, 2.24) is 15.2 Å². The number of carbonyl (C=O) groups excluding carboxylic acids is 1. The molecule has 2 aromatic heterocycles. The summed E-state index contributed by atoms with van der Waals surface area (Å²) < 4.78 is 6.22. The molecule has 1 amide bonds. The van der Waals surface area contributed by atoms with Crippen molar-refractivity contribution in [1.29, 1.82) is 0 Å². The fraction of sp³-hybridized carbons (Fsp3) is 0.111. The van der Waals surface area contributed by atoms with Gasteiger partial charge in [0, 0.05) is 17.4 Å². The number of hydrogen-bond acceptors (Lipinski definition) is 5. The molecule has 3 N–H and O–H groups in total. The van der Waals surface area contributed by atoms with E-state index >= 15 is 0 Å². The molecular formula is C27H22N4O4S. The van der Waals surface area contributed by atoms with E-state index in [0.29, 0.717) is 27.9 Å². The molecule has 0 aliphatic carbocycles. The summed E-state index contributed by atoms with van der Waals surface area (Å²) in [6.07, 6.45) is 1.70. The zero-order valence-corrected chi connectivity index (χ0v) is 19.8. The van der Waals surface area contributed by atoms with Gasteiger partial charge in [-0.15, -0.1) is 0 Å². The highest BCUT2D eigenvalue weighted by molar-refractivity contribution is 7.80. The molecular weight excluding hydrogens is 476 g/mol. The average molecular weight is 499 g/mol. The Morgan fingerprint density at radius 1 is 1.03 bits per heavy atom. The smallest absolute Gasteiger partial charge is 0.335 e. The summed E-state index contributed by atoms with van der Waals surface area (Å²) >= 11 is 5.62. The predicted molar refractivity (Wildman–Crippen MR) is 138 cm³/mol. The normalized spacial score (nSPS) is 17.0. The zero-order valence-electron chi connectivity index (χ0n) is 19.0. The van der Waals surface area contributed by atoms with E-state index in [-0.39, 0.29) is 24.1 Å². The Bertz CT molecular complexity index is 1410. The van der Waals surface area contributed by atoms with E-state index in [0.717, 1.165) is 5.69 Å². The maximum absolute atomic E-state index is 12.9. The lowest BCUT2D eigenvalue weighted by molar-refractivity contribution is -0.116. The number of thiocarbonyl (C=S) groups is 1. The fourth-order valence-electron chi connectivity index (χ4n) is 4.23. The molecule has 4 aromatic rings. The highest BCUT2D eigenvalue weighted by Crippen LogP contribution is 2.40. The molecule has 36 heavy (non-hydrogen) atoms. The van der Waals surface area contributed by atoms with E-state index in [1.807, 2.05) is 54.6 Å². The van der Waals surface area contributed by atoms with Crippen molar-refractivity contribution in [3.8, 4) is 11.3 Å². The Balaban J connectivity index is 1.47. The summed E-state index contributed by atoms with van der Waals surface area (Å²) in [6.45, 7) is -0.000734. The van der Waals surface area contributed by atoms with Gasteiger partial charge in [-0.25, -0.2) is 4.79 Å². The van der Waals surface area contributed by atoms with Crippen molar-refractivity contribution in [2.75, 3.05) is 11.9 Å². The van der Waals surface area contributed by atoms with Crippen LogP contribution in [-0.4, -0.2) is 38.5 Å². The predicted octanol–water partition coefficient (Wildman–Crippen LogP) is 4.65. The van der Waals surface area contributed by atoms with Crippen LogP contribution in [0, 0.1) is 0 Å². The quantitative estimate of drug-likeness (QED) is 0.316. The number of amides is 1. The van der Waals surface area contributed by atoms with Crippen LogP contribution in [0.4, 0.5) is 5.69 Å². The lowest BCUT2D eigenvalue weighted by Crippen LogP contribution is -2.36. The second-order valence-corrected chi connectivity index (χ2v) is 8.64. The minimum Gasteiger partial charge on any atom is -0.478 e. The van der Waals surface area contributed by atoms with Gasteiger partial charge in [0.2, 0.25) is 5.91 Å². The van der Waals surface area contributed by atoms with Gasteiger partial charge in [-0.1, -0.05) is 36.4 Å². The number of hydrogen-bond donors (Lipinski definition) is 3. The van der Waals surface area contributed by atoms with Crippen molar-refractivity contribution in [3.05, 3.63) is 108 Å². The number of nitrogens with one attached hydrogen (secondary N) is 2. The Hall–Kier alpha value is -4.50. The monoisotopic (exact) mass is 498 g/mol. The van der Waals surface area contributed by atoms with E-state index < -0.39 is 12.0 Å². The third-order valence-electron chi connectivity index (χ3n) is 5.88. The van der Waals surface area contributed by atoms with Crippen LogP contribution in [0.25, 0.3) is 11.3 Å². The second kappa shape index (κ2) is 10.0. The topological polar surface area (TPSA) is 108 Å². The van der Waals surface area contributed by atoms with Gasteiger partial charge in [-0.3, -0.25) is 9.78 Å². The first-order valence-corrected chi connectivity index (χ1v) is 11.7. The number of para-hydroxylation sites is 1. The summed E-state index contributed by atoms with van der Waals surface area (Å²) in [5.41, 5.74) is 2.25. The number of benzene rings is 2. The van der Waals surface area contributed by atoms with Crippen molar-refractivity contribution in [2.24, 2.45) is 0 Å². The number of rotatable bonds is 7. The first-order chi connectivity index (χ1) is 17.5. The van der Waals surface area contributed by atoms with E-state index in [1.54, 1.807) is 35.4 Å². The van der Waals surface area contributed by atoms with Crippen molar-refractivity contribution < 1.29 is 19.1 Å². The minimum absolute atomic E-state index is 0.000734. The van der Waals surface area contributed by atoms with Crippen molar-refractivity contribution in [3.63, 3.8) is 0 Å². The molecule has 0 unspecified atom stereocenters. The maximum atomic E-state index is 12.9. The molecule has 0 radical (unpaired) electrons. The number of aromatic carboxylic acids is 1. The van der Waals surface area contributed by atoms with Crippen LogP contribution in [0.5, 0.6) is 0 Å². The third kappa shape index (κ3) is 4.82. The molecule has 0 saturated carbocycles. The Labute approximate surface area is 212 Å². The molecule has 180 valence electrons. The lowest BCUT2D eigenvalue weighted by Gasteiger charge is -2.25. The van der Waals surface area contributed by atoms with Gasteiger partial charge in [-0.2, -0.15) is 0 Å². The molecule has 1 aliphatic heterocycles. The third-order valence-corrected chi connectivity index (χ3v) is 6.23. The van der Waals surface area contributed by atoms with E-state index in [2.05, 4.69) is 15.6 Å².